The molecule has 1 atom stereocenters. The quantitative estimate of drug-likeness (QED) is 0.791. The van der Waals surface area contributed by atoms with Gasteiger partial charge in [-0.25, -0.2) is 8.42 Å². The van der Waals surface area contributed by atoms with Gasteiger partial charge in [0.2, 0.25) is 15.9 Å². The number of piperidine rings is 1. The molecular weight excluding hydrogens is 374 g/mol. The highest BCUT2D eigenvalue weighted by Crippen LogP contribution is 2.28. The van der Waals surface area contributed by atoms with Gasteiger partial charge in [-0.3, -0.25) is 4.79 Å². The first-order valence-electron chi connectivity index (χ1n) is 10.3. The smallest absolute Gasteiger partial charge is 0.243 e. The van der Waals surface area contributed by atoms with E-state index in [0.717, 1.165) is 49.7 Å². The number of benzene rings is 1. The predicted molar refractivity (Wildman–Crippen MR) is 109 cm³/mol. The molecule has 2 fully saturated rings. The number of rotatable bonds is 3. The molecule has 0 spiro atoms. The Balaban J connectivity index is 1.53. The number of aryl methyl sites for hydroxylation is 1. The van der Waals surface area contributed by atoms with Crippen LogP contribution in [-0.4, -0.2) is 54.3 Å². The number of fused-ring (bicyclic) bond motifs is 1. The van der Waals surface area contributed by atoms with Crippen LogP contribution in [0.4, 0.5) is 0 Å². The number of hydrogen-bond donors (Lipinski definition) is 0. The topological polar surface area (TPSA) is 62.6 Å². The third-order valence-electron chi connectivity index (χ3n) is 6.15. The molecule has 2 aliphatic rings. The van der Waals surface area contributed by atoms with Crippen molar-refractivity contribution in [1.82, 2.24) is 13.8 Å². The second-order valence-electron chi connectivity index (χ2n) is 8.09. The molecule has 1 unspecified atom stereocenters. The number of hydrogen-bond acceptors (Lipinski definition) is 3. The fourth-order valence-electron chi connectivity index (χ4n) is 4.48. The lowest BCUT2D eigenvalue weighted by atomic mass is 9.98. The van der Waals surface area contributed by atoms with Crippen molar-refractivity contribution in [3.63, 3.8) is 0 Å². The average molecular weight is 404 g/mol. The van der Waals surface area contributed by atoms with Crippen molar-refractivity contribution >= 4 is 26.8 Å². The van der Waals surface area contributed by atoms with Gasteiger partial charge in [0.15, 0.2) is 0 Å². The highest BCUT2D eigenvalue weighted by Gasteiger charge is 2.35. The number of sulfonamides is 1. The molecular formula is C21H29N3O3S. The van der Waals surface area contributed by atoms with Gasteiger partial charge in [0.1, 0.15) is 0 Å². The van der Waals surface area contributed by atoms with Crippen LogP contribution >= 0.6 is 0 Å². The maximum Gasteiger partial charge on any atom is 0.243 e. The van der Waals surface area contributed by atoms with E-state index in [1.165, 1.54) is 17.1 Å². The number of nitrogens with zero attached hydrogens (tertiary/aromatic N) is 3. The molecule has 0 saturated carbocycles. The van der Waals surface area contributed by atoms with Crippen LogP contribution in [0.3, 0.4) is 0 Å². The summed E-state index contributed by atoms with van der Waals surface area (Å²) in [6.45, 7) is 2.41. The van der Waals surface area contributed by atoms with Crippen LogP contribution in [0.25, 0.3) is 10.9 Å². The highest BCUT2D eigenvalue weighted by molar-refractivity contribution is 7.89. The first-order valence-corrected chi connectivity index (χ1v) is 11.7. The Labute approximate surface area is 167 Å². The van der Waals surface area contributed by atoms with Crippen molar-refractivity contribution in [2.24, 2.45) is 13.0 Å². The summed E-state index contributed by atoms with van der Waals surface area (Å²) in [5, 5.41) is 0.915. The van der Waals surface area contributed by atoms with Crippen LogP contribution in [-0.2, 0) is 21.9 Å². The van der Waals surface area contributed by atoms with Crippen molar-refractivity contribution in [3.8, 4) is 0 Å². The summed E-state index contributed by atoms with van der Waals surface area (Å²) in [6.07, 6.45) is 7.90. The third-order valence-corrected chi connectivity index (χ3v) is 8.01. The monoisotopic (exact) mass is 403 g/mol. The van der Waals surface area contributed by atoms with Crippen LogP contribution in [0, 0.1) is 5.92 Å². The van der Waals surface area contributed by atoms with Crippen LogP contribution in [0.2, 0.25) is 0 Å². The molecule has 28 heavy (non-hydrogen) atoms. The van der Waals surface area contributed by atoms with Crippen LogP contribution in [0.5, 0.6) is 0 Å². The maximum atomic E-state index is 13.2. The molecule has 7 heteroatoms. The molecule has 2 aliphatic heterocycles. The Morgan fingerprint density at radius 3 is 2.50 bits per heavy atom. The molecule has 152 valence electrons. The average Bonchev–Trinajstić information content (AvgIpc) is 2.91. The molecule has 6 nitrogen and oxygen atoms in total. The van der Waals surface area contributed by atoms with Crippen molar-refractivity contribution < 1.29 is 13.2 Å². The van der Waals surface area contributed by atoms with Crippen molar-refractivity contribution in [2.75, 3.05) is 26.2 Å². The minimum absolute atomic E-state index is 0.139. The van der Waals surface area contributed by atoms with E-state index in [-0.39, 0.29) is 11.8 Å². The molecule has 0 radical (unpaired) electrons. The normalized spacial score (nSPS) is 22.3. The maximum absolute atomic E-state index is 13.2. The fourth-order valence-corrected chi connectivity index (χ4v) is 6.04. The van der Waals surface area contributed by atoms with Crippen LogP contribution in [0.1, 0.15) is 38.5 Å². The van der Waals surface area contributed by atoms with Gasteiger partial charge >= 0.3 is 0 Å². The number of carbonyl (C=O) groups excluding carboxylic acids is 1. The minimum atomic E-state index is -3.60. The van der Waals surface area contributed by atoms with Crippen molar-refractivity contribution in [3.05, 3.63) is 30.5 Å². The van der Waals surface area contributed by atoms with Crippen molar-refractivity contribution in [2.45, 2.75) is 43.4 Å². The Bertz CT molecular complexity index is 958. The minimum Gasteiger partial charge on any atom is -0.351 e. The number of aromatic nitrogens is 1. The van der Waals surface area contributed by atoms with E-state index >= 15 is 0 Å². The zero-order valence-corrected chi connectivity index (χ0v) is 17.3. The standard InChI is InChI=1S/C21H29N3O3S/c1-22-14-10-17-15-19(8-9-20(17)22)28(26,27)24-13-6-7-18(16-24)21(25)23-11-4-2-3-5-12-23/h8-10,14-15,18H,2-7,11-13,16H2,1H3. The molecule has 0 aliphatic carbocycles. The number of carbonyl (C=O) groups is 1. The molecule has 3 heterocycles. The summed E-state index contributed by atoms with van der Waals surface area (Å²) in [5.41, 5.74) is 1.01. The summed E-state index contributed by atoms with van der Waals surface area (Å²) in [4.78, 5) is 15.3. The van der Waals surface area contributed by atoms with Gasteiger partial charge in [0.25, 0.3) is 0 Å². The molecule has 0 N–H and O–H groups in total. The first kappa shape index (κ1) is 19.5. The largest absolute Gasteiger partial charge is 0.351 e. The second kappa shape index (κ2) is 7.87. The molecule has 2 aromatic rings. The van der Waals surface area contributed by atoms with Crippen LogP contribution < -0.4 is 0 Å². The third kappa shape index (κ3) is 3.70. The van der Waals surface area contributed by atoms with E-state index in [4.69, 9.17) is 0 Å². The van der Waals surface area contributed by atoms with E-state index < -0.39 is 10.0 Å². The van der Waals surface area contributed by atoms with Gasteiger partial charge in [0, 0.05) is 50.3 Å². The number of likely N-dealkylation sites (tertiary alicyclic amines) is 1. The predicted octanol–water partition coefficient (Wildman–Crippen LogP) is 2.98. The lowest BCUT2D eigenvalue weighted by Crippen LogP contribution is -2.46. The van der Waals surface area contributed by atoms with E-state index in [1.54, 1.807) is 12.1 Å². The molecule has 2 saturated heterocycles. The molecule has 1 aromatic heterocycles. The zero-order chi connectivity index (χ0) is 19.7. The Morgan fingerprint density at radius 1 is 1.00 bits per heavy atom. The zero-order valence-electron chi connectivity index (χ0n) is 16.5. The summed E-state index contributed by atoms with van der Waals surface area (Å²) in [6, 6.07) is 7.20. The fraction of sp³-hybridized carbons (Fsp3) is 0.571. The Kier molecular flexibility index (Phi) is 5.47. The Hall–Kier alpha value is -1.86. The van der Waals surface area contributed by atoms with Gasteiger partial charge in [-0.1, -0.05) is 12.8 Å². The van der Waals surface area contributed by atoms with Gasteiger partial charge in [-0.15, -0.1) is 0 Å². The van der Waals surface area contributed by atoms with E-state index in [9.17, 15) is 13.2 Å². The lowest BCUT2D eigenvalue weighted by Gasteiger charge is -2.34. The summed E-state index contributed by atoms with van der Waals surface area (Å²) in [5.74, 6) is -0.0811. The van der Waals surface area contributed by atoms with Gasteiger partial charge < -0.3 is 9.47 Å². The molecule has 4 rings (SSSR count). The summed E-state index contributed by atoms with van der Waals surface area (Å²) < 4.78 is 30.0. The summed E-state index contributed by atoms with van der Waals surface area (Å²) in [7, 11) is -1.65. The van der Waals surface area contributed by atoms with Gasteiger partial charge in [0.05, 0.1) is 10.8 Å². The van der Waals surface area contributed by atoms with Crippen LogP contribution in [0.15, 0.2) is 35.4 Å². The molecule has 1 amide bonds. The second-order valence-corrected chi connectivity index (χ2v) is 10.0. The Morgan fingerprint density at radius 2 is 1.75 bits per heavy atom. The highest BCUT2D eigenvalue weighted by atomic mass is 32.2. The lowest BCUT2D eigenvalue weighted by molar-refractivity contribution is -0.136. The molecule has 0 bridgehead atoms. The molecule has 1 aromatic carbocycles. The van der Waals surface area contributed by atoms with E-state index in [2.05, 4.69) is 0 Å². The summed E-state index contributed by atoms with van der Waals surface area (Å²) >= 11 is 0. The van der Waals surface area contributed by atoms with E-state index in [1.807, 2.05) is 34.8 Å². The first-order chi connectivity index (χ1) is 13.5. The van der Waals surface area contributed by atoms with Gasteiger partial charge in [-0.05, 0) is 49.9 Å². The van der Waals surface area contributed by atoms with Gasteiger partial charge in [-0.2, -0.15) is 4.31 Å². The SMILES string of the molecule is Cn1ccc2cc(S(=O)(=O)N3CCCC(C(=O)N4CCCCCC4)C3)ccc21. The van der Waals surface area contributed by atoms with E-state index in [0.29, 0.717) is 18.0 Å². The van der Waals surface area contributed by atoms with Crippen molar-refractivity contribution in [1.29, 1.82) is 0 Å². The number of amides is 1.